The molecular formula is C17H19N5O. The zero-order valence-electron chi connectivity index (χ0n) is 13.2. The topological polar surface area (TPSA) is 90.7 Å². The first-order chi connectivity index (χ1) is 11.2. The number of amides is 1. The minimum atomic E-state index is -0.0305. The molecule has 0 atom stereocenters. The van der Waals surface area contributed by atoms with Crippen molar-refractivity contribution in [3.05, 3.63) is 42.0 Å². The quantitative estimate of drug-likeness (QED) is 0.852. The number of nitrogens with zero attached hydrogens (tertiary/aromatic N) is 3. The zero-order valence-corrected chi connectivity index (χ0v) is 13.2. The summed E-state index contributed by atoms with van der Waals surface area (Å²) in [6.45, 7) is 3.98. The van der Waals surface area contributed by atoms with Gasteiger partial charge in [0.2, 0.25) is 5.91 Å². The number of carbonyl (C=O) groups is 1. The highest BCUT2D eigenvalue weighted by molar-refractivity contribution is 5.91. The molecule has 118 valence electrons. The van der Waals surface area contributed by atoms with Crippen LogP contribution in [0.2, 0.25) is 0 Å². The maximum Gasteiger partial charge on any atom is 0.228 e. The number of anilines is 3. The molecule has 2 rings (SSSR count). The van der Waals surface area contributed by atoms with E-state index in [1.54, 1.807) is 36.4 Å². The Hall–Kier alpha value is -2.94. The molecule has 23 heavy (non-hydrogen) atoms. The molecule has 0 saturated heterocycles. The monoisotopic (exact) mass is 309 g/mol. The van der Waals surface area contributed by atoms with E-state index in [2.05, 4.69) is 26.9 Å². The summed E-state index contributed by atoms with van der Waals surface area (Å²) in [4.78, 5) is 12.0. The van der Waals surface area contributed by atoms with E-state index < -0.39 is 0 Å². The number of hydrogen-bond donors (Lipinski definition) is 2. The molecule has 0 saturated carbocycles. The van der Waals surface area contributed by atoms with Crippen LogP contribution < -0.4 is 10.6 Å². The first kappa shape index (κ1) is 16.4. The summed E-state index contributed by atoms with van der Waals surface area (Å²) in [5.74, 6) is 0.966. The van der Waals surface area contributed by atoms with Gasteiger partial charge in [0.1, 0.15) is 0 Å². The number of nitriles is 1. The first-order valence-corrected chi connectivity index (χ1v) is 7.58. The third-order valence-electron chi connectivity index (χ3n) is 3.56. The van der Waals surface area contributed by atoms with Gasteiger partial charge in [-0.05, 0) is 49.2 Å². The van der Waals surface area contributed by atoms with E-state index in [9.17, 15) is 4.79 Å². The Labute approximate surface area is 135 Å². The van der Waals surface area contributed by atoms with Crippen molar-refractivity contribution in [3.8, 4) is 6.07 Å². The van der Waals surface area contributed by atoms with E-state index in [1.807, 2.05) is 13.8 Å². The molecule has 0 fully saturated rings. The molecule has 0 aliphatic carbocycles. The minimum Gasteiger partial charge on any atom is -0.339 e. The normalized spacial score (nSPS) is 10.2. The van der Waals surface area contributed by atoms with E-state index in [4.69, 9.17) is 5.26 Å². The van der Waals surface area contributed by atoms with Crippen LogP contribution in [0.5, 0.6) is 0 Å². The molecule has 0 radical (unpaired) electrons. The number of nitrogens with one attached hydrogen (secondary N) is 2. The van der Waals surface area contributed by atoms with Crippen molar-refractivity contribution < 1.29 is 4.79 Å². The molecular weight excluding hydrogens is 290 g/mol. The van der Waals surface area contributed by atoms with Gasteiger partial charge in [-0.15, -0.1) is 10.2 Å². The van der Waals surface area contributed by atoms with Gasteiger partial charge in [0, 0.05) is 11.6 Å². The average molecular weight is 309 g/mol. The summed E-state index contributed by atoms with van der Waals surface area (Å²) in [6, 6.07) is 12.6. The lowest BCUT2D eigenvalue weighted by atomic mass is 10.0. The van der Waals surface area contributed by atoms with Crippen LogP contribution in [0.25, 0.3) is 0 Å². The van der Waals surface area contributed by atoms with Crippen molar-refractivity contribution in [1.82, 2.24) is 10.2 Å². The molecule has 6 nitrogen and oxygen atoms in total. The fraction of sp³-hybridized carbons (Fsp3) is 0.294. The Kier molecular flexibility index (Phi) is 5.64. The fourth-order valence-electron chi connectivity index (χ4n) is 2.13. The van der Waals surface area contributed by atoms with Gasteiger partial charge in [0.25, 0.3) is 0 Å². The lowest BCUT2D eigenvalue weighted by Gasteiger charge is -2.12. The van der Waals surface area contributed by atoms with Crippen LogP contribution in [0, 0.1) is 17.2 Å². The predicted molar refractivity (Wildman–Crippen MR) is 89.2 cm³/mol. The summed E-state index contributed by atoms with van der Waals surface area (Å²) in [5, 5.41) is 22.7. The van der Waals surface area contributed by atoms with E-state index >= 15 is 0 Å². The minimum absolute atomic E-state index is 0.00625. The van der Waals surface area contributed by atoms with Crippen LogP contribution in [0.15, 0.2) is 36.4 Å². The van der Waals surface area contributed by atoms with Gasteiger partial charge in [-0.25, -0.2) is 0 Å². The highest BCUT2D eigenvalue weighted by atomic mass is 16.1. The van der Waals surface area contributed by atoms with Crippen molar-refractivity contribution in [2.24, 2.45) is 5.92 Å². The Bertz CT molecular complexity index is 684. The Morgan fingerprint density at radius 2 is 1.70 bits per heavy atom. The lowest BCUT2D eigenvalue weighted by molar-refractivity contribution is -0.120. The number of rotatable bonds is 6. The third-order valence-corrected chi connectivity index (χ3v) is 3.56. The number of hydrogen-bond acceptors (Lipinski definition) is 5. The Balaban J connectivity index is 1.99. The van der Waals surface area contributed by atoms with Crippen molar-refractivity contribution in [2.75, 3.05) is 10.6 Å². The van der Waals surface area contributed by atoms with Crippen LogP contribution >= 0.6 is 0 Å². The van der Waals surface area contributed by atoms with Gasteiger partial charge >= 0.3 is 0 Å². The average Bonchev–Trinajstić information content (AvgIpc) is 2.58. The summed E-state index contributed by atoms with van der Waals surface area (Å²) in [5.41, 5.74) is 1.41. The van der Waals surface area contributed by atoms with Crippen LogP contribution in [0.1, 0.15) is 32.3 Å². The molecule has 0 aliphatic rings. The zero-order chi connectivity index (χ0) is 16.7. The third kappa shape index (κ3) is 4.51. The van der Waals surface area contributed by atoms with E-state index in [-0.39, 0.29) is 11.8 Å². The largest absolute Gasteiger partial charge is 0.339 e. The molecule has 0 bridgehead atoms. The van der Waals surface area contributed by atoms with Gasteiger partial charge < -0.3 is 10.6 Å². The van der Waals surface area contributed by atoms with Crippen molar-refractivity contribution >= 4 is 23.2 Å². The van der Waals surface area contributed by atoms with Gasteiger partial charge in [0.05, 0.1) is 11.6 Å². The fourth-order valence-corrected chi connectivity index (χ4v) is 2.13. The smallest absolute Gasteiger partial charge is 0.228 e. The second kappa shape index (κ2) is 7.90. The Morgan fingerprint density at radius 1 is 1.09 bits per heavy atom. The molecule has 0 aliphatic heterocycles. The van der Waals surface area contributed by atoms with Gasteiger partial charge in [-0.1, -0.05) is 13.8 Å². The summed E-state index contributed by atoms with van der Waals surface area (Å²) in [7, 11) is 0. The maximum atomic E-state index is 12.0. The van der Waals surface area contributed by atoms with Crippen LogP contribution in [0.3, 0.4) is 0 Å². The van der Waals surface area contributed by atoms with Crippen molar-refractivity contribution in [1.29, 1.82) is 5.26 Å². The lowest BCUT2D eigenvalue weighted by Crippen LogP contribution is -2.22. The predicted octanol–water partition coefficient (Wildman–Crippen LogP) is 3.47. The molecule has 1 aromatic heterocycles. The second-order valence-electron chi connectivity index (χ2n) is 5.12. The van der Waals surface area contributed by atoms with Crippen LogP contribution in [-0.4, -0.2) is 16.1 Å². The van der Waals surface area contributed by atoms with E-state index in [1.165, 1.54) is 0 Å². The number of benzene rings is 1. The van der Waals surface area contributed by atoms with Crippen molar-refractivity contribution in [2.45, 2.75) is 26.7 Å². The SMILES string of the molecule is CCC(CC)C(=O)Nc1ccc(Nc2ccc(C#N)cc2)nn1. The van der Waals surface area contributed by atoms with Gasteiger partial charge in [0.15, 0.2) is 11.6 Å². The Morgan fingerprint density at radius 3 is 2.22 bits per heavy atom. The van der Waals surface area contributed by atoms with E-state index in [0.29, 0.717) is 17.2 Å². The molecule has 6 heteroatoms. The molecule has 2 N–H and O–H groups in total. The van der Waals surface area contributed by atoms with Crippen LogP contribution in [-0.2, 0) is 4.79 Å². The first-order valence-electron chi connectivity index (χ1n) is 7.58. The number of carbonyl (C=O) groups excluding carboxylic acids is 1. The molecule has 1 aromatic carbocycles. The summed E-state index contributed by atoms with van der Waals surface area (Å²) < 4.78 is 0. The molecule has 1 amide bonds. The highest BCUT2D eigenvalue weighted by Gasteiger charge is 2.14. The van der Waals surface area contributed by atoms with Crippen LogP contribution in [0.4, 0.5) is 17.3 Å². The molecule has 1 heterocycles. The summed E-state index contributed by atoms with van der Waals surface area (Å²) in [6.07, 6.45) is 1.60. The highest BCUT2D eigenvalue weighted by Crippen LogP contribution is 2.16. The standard InChI is InChI=1S/C17H19N5O/c1-3-13(4-2)17(23)20-16-10-9-15(21-22-16)19-14-7-5-12(11-18)6-8-14/h5-10,13H,3-4H2,1-2H3,(H,19,21)(H,20,22,23). The van der Waals surface area contributed by atoms with Gasteiger partial charge in [-0.2, -0.15) is 5.26 Å². The summed E-state index contributed by atoms with van der Waals surface area (Å²) >= 11 is 0. The number of aromatic nitrogens is 2. The molecule has 0 spiro atoms. The van der Waals surface area contributed by atoms with Crippen molar-refractivity contribution in [3.63, 3.8) is 0 Å². The molecule has 2 aromatic rings. The van der Waals surface area contributed by atoms with E-state index in [0.717, 1.165) is 18.5 Å². The maximum absolute atomic E-state index is 12.0. The van der Waals surface area contributed by atoms with Gasteiger partial charge in [-0.3, -0.25) is 4.79 Å². The molecule has 0 unspecified atom stereocenters. The second-order valence-corrected chi connectivity index (χ2v) is 5.12.